The number of fused-ring (bicyclic) bond motifs is 5. The Morgan fingerprint density at radius 3 is 1.28 bits per heavy atom. The SMILES string of the molecule is c1ccc(-c2cc(-c3ccc4cc(-c5ccc(-c6ccc7cc(-n8c9ccccc9c9ccccc98)ccc7c6)cc5)ccc4c3)nc(-c3ccccc3)n2)cc1. The minimum Gasteiger partial charge on any atom is -0.309 e. The number of para-hydroxylation sites is 2. The zero-order chi connectivity index (χ0) is 37.7. The highest BCUT2D eigenvalue weighted by molar-refractivity contribution is 6.09. The van der Waals surface area contributed by atoms with Crippen molar-refractivity contribution in [1.29, 1.82) is 0 Å². The van der Waals surface area contributed by atoms with Crippen LogP contribution >= 0.6 is 0 Å². The second kappa shape index (κ2) is 13.6. The lowest BCUT2D eigenvalue weighted by molar-refractivity contribution is 1.18. The van der Waals surface area contributed by atoms with Gasteiger partial charge in [-0.05, 0) is 92.3 Å². The zero-order valence-electron chi connectivity index (χ0n) is 31.0. The van der Waals surface area contributed by atoms with Gasteiger partial charge in [-0.1, -0.05) is 164 Å². The quantitative estimate of drug-likeness (QED) is 0.171. The van der Waals surface area contributed by atoms with Crippen molar-refractivity contribution in [2.45, 2.75) is 0 Å². The second-order valence-electron chi connectivity index (χ2n) is 14.7. The fraction of sp³-hybridized carbons (Fsp3) is 0. The van der Waals surface area contributed by atoms with E-state index in [1.807, 2.05) is 36.4 Å². The third-order valence-electron chi connectivity index (χ3n) is 11.2. The summed E-state index contributed by atoms with van der Waals surface area (Å²) in [4.78, 5) is 10.0. The van der Waals surface area contributed by atoms with Gasteiger partial charge in [0.15, 0.2) is 5.82 Å². The molecule has 0 aliphatic heterocycles. The van der Waals surface area contributed by atoms with Crippen LogP contribution in [0.15, 0.2) is 212 Å². The summed E-state index contributed by atoms with van der Waals surface area (Å²) in [6.45, 7) is 0. The lowest BCUT2D eigenvalue weighted by atomic mass is 9.96. The van der Waals surface area contributed by atoms with Crippen LogP contribution in [0.4, 0.5) is 0 Å². The molecule has 11 aromatic rings. The maximum Gasteiger partial charge on any atom is 0.160 e. The number of nitrogens with zero attached hydrogens (tertiary/aromatic N) is 3. The van der Waals surface area contributed by atoms with Crippen molar-refractivity contribution in [1.82, 2.24) is 14.5 Å². The number of aromatic nitrogens is 3. The fourth-order valence-electron chi connectivity index (χ4n) is 8.26. The minimum absolute atomic E-state index is 0.721. The molecule has 0 fully saturated rings. The first-order chi connectivity index (χ1) is 28.2. The van der Waals surface area contributed by atoms with Gasteiger partial charge in [-0.2, -0.15) is 0 Å². The highest BCUT2D eigenvalue weighted by Crippen LogP contribution is 2.35. The first kappa shape index (κ1) is 32.8. The first-order valence-electron chi connectivity index (χ1n) is 19.4. The smallest absolute Gasteiger partial charge is 0.160 e. The number of rotatable bonds is 6. The third-order valence-corrected chi connectivity index (χ3v) is 11.2. The minimum atomic E-state index is 0.721. The fourth-order valence-corrected chi connectivity index (χ4v) is 8.26. The normalized spacial score (nSPS) is 11.5. The van der Waals surface area contributed by atoms with E-state index in [0.29, 0.717) is 0 Å². The molecule has 2 aromatic heterocycles. The summed E-state index contributed by atoms with van der Waals surface area (Å²) < 4.78 is 2.38. The molecule has 0 aliphatic carbocycles. The molecule has 0 atom stereocenters. The summed E-state index contributed by atoms with van der Waals surface area (Å²) in [6.07, 6.45) is 0. The van der Waals surface area contributed by atoms with Crippen molar-refractivity contribution >= 4 is 43.4 Å². The molecular formula is C54H35N3. The summed E-state index contributed by atoms with van der Waals surface area (Å²) in [7, 11) is 0. The van der Waals surface area contributed by atoms with E-state index in [1.165, 1.54) is 71.3 Å². The Morgan fingerprint density at radius 1 is 0.281 bits per heavy atom. The Kier molecular flexibility index (Phi) is 7.82. The van der Waals surface area contributed by atoms with Crippen LogP contribution in [0, 0.1) is 0 Å². The molecule has 0 unspecified atom stereocenters. The summed E-state index contributed by atoms with van der Waals surface area (Å²) in [5.41, 5.74) is 13.4. The van der Waals surface area contributed by atoms with Crippen molar-refractivity contribution in [3.63, 3.8) is 0 Å². The molecular weight excluding hydrogens is 691 g/mol. The average molecular weight is 726 g/mol. The van der Waals surface area contributed by atoms with Gasteiger partial charge >= 0.3 is 0 Å². The largest absolute Gasteiger partial charge is 0.309 e. The van der Waals surface area contributed by atoms with E-state index < -0.39 is 0 Å². The maximum absolute atomic E-state index is 5.04. The van der Waals surface area contributed by atoms with Gasteiger partial charge in [-0.3, -0.25) is 0 Å². The molecule has 3 nitrogen and oxygen atoms in total. The van der Waals surface area contributed by atoms with E-state index in [-0.39, 0.29) is 0 Å². The molecule has 0 saturated carbocycles. The Labute approximate surface area is 330 Å². The van der Waals surface area contributed by atoms with Gasteiger partial charge in [0.1, 0.15) is 0 Å². The first-order valence-corrected chi connectivity index (χ1v) is 19.4. The van der Waals surface area contributed by atoms with Gasteiger partial charge in [-0.25, -0.2) is 9.97 Å². The van der Waals surface area contributed by atoms with Gasteiger partial charge in [0.2, 0.25) is 0 Å². The van der Waals surface area contributed by atoms with E-state index in [9.17, 15) is 0 Å². The number of benzene rings is 9. The van der Waals surface area contributed by atoms with Crippen LogP contribution in [0.5, 0.6) is 0 Å². The molecule has 9 aromatic carbocycles. The summed E-state index contributed by atoms with van der Waals surface area (Å²) in [6, 6.07) is 75.8. The maximum atomic E-state index is 5.04. The topological polar surface area (TPSA) is 30.7 Å². The van der Waals surface area contributed by atoms with Crippen molar-refractivity contribution in [3.05, 3.63) is 212 Å². The van der Waals surface area contributed by atoms with Crippen molar-refractivity contribution in [3.8, 4) is 61.8 Å². The molecule has 0 saturated heterocycles. The van der Waals surface area contributed by atoms with Gasteiger partial charge in [0.25, 0.3) is 0 Å². The predicted octanol–water partition coefficient (Wildman–Crippen LogP) is 14.2. The average Bonchev–Trinajstić information content (AvgIpc) is 3.63. The third kappa shape index (κ3) is 5.94. The van der Waals surface area contributed by atoms with E-state index in [0.717, 1.165) is 33.9 Å². The van der Waals surface area contributed by atoms with Crippen molar-refractivity contribution in [2.24, 2.45) is 0 Å². The molecule has 11 rings (SSSR count). The van der Waals surface area contributed by atoms with E-state index in [4.69, 9.17) is 9.97 Å². The molecule has 0 amide bonds. The van der Waals surface area contributed by atoms with Crippen molar-refractivity contribution in [2.75, 3.05) is 0 Å². The second-order valence-corrected chi connectivity index (χ2v) is 14.7. The Hall–Kier alpha value is -7.62. The highest BCUT2D eigenvalue weighted by atomic mass is 15.0. The highest BCUT2D eigenvalue weighted by Gasteiger charge is 2.14. The van der Waals surface area contributed by atoms with Crippen molar-refractivity contribution < 1.29 is 0 Å². The van der Waals surface area contributed by atoms with Crippen LogP contribution in [-0.2, 0) is 0 Å². The molecule has 0 aliphatic rings. The molecule has 0 spiro atoms. The van der Waals surface area contributed by atoms with Gasteiger partial charge < -0.3 is 4.57 Å². The van der Waals surface area contributed by atoms with Gasteiger partial charge in [-0.15, -0.1) is 0 Å². The molecule has 57 heavy (non-hydrogen) atoms. The molecule has 2 heterocycles. The van der Waals surface area contributed by atoms with Crippen LogP contribution in [0.2, 0.25) is 0 Å². The zero-order valence-corrected chi connectivity index (χ0v) is 31.0. The molecule has 0 N–H and O–H groups in total. The van der Waals surface area contributed by atoms with Crippen LogP contribution < -0.4 is 0 Å². The van der Waals surface area contributed by atoms with E-state index in [2.05, 4.69) is 180 Å². The van der Waals surface area contributed by atoms with E-state index in [1.54, 1.807) is 0 Å². The van der Waals surface area contributed by atoms with Gasteiger partial charge in [0, 0.05) is 33.2 Å². The monoisotopic (exact) mass is 725 g/mol. The van der Waals surface area contributed by atoms with E-state index >= 15 is 0 Å². The van der Waals surface area contributed by atoms with Crippen LogP contribution in [-0.4, -0.2) is 14.5 Å². The van der Waals surface area contributed by atoms with Gasteiger partial charge in [0.05, 0.1) is 22.4 Å². The number of hydrogen-bond acceptors (Lipinski definition) is 2. The lowest BCUT2D eigenvalue weighted by Crippen LogP contribution is -1.95. The molecule has 0 bridgehead atoms. The molecule has 0 radical (unpaired) electrons. The molecule has 266 valence electrons. The van der Waals surface area contributed by atoms with Crippen LogP contribution in [0.25, 0.3) is 105 Å². The Balaban J connectivity index is 0.877. The summed E-state index contributed by atoms with van der Waals surface area (Å²) >= 11 is 0. The van der Waals surface area contributed by atoms with Crippen LogP contribution in [0.3, 0.4) is 0 Å². The summed E-state index contributed by atoms with van der Waals surface area (Å²) in [5.74, 6) is 0.721. The Bertz CT molecular complexity index is 3160. The molecule has 3 heteroatoms. The lowest BCUT2D eigenvalue weighted by Gasteiger charge is -2.11. The van der Waals surface area contributed by atoms with Crippen LogP contribution in [0.1, 0.15) is 0 Å². The predicted molar refractivity (Wildman–Crippen MR) is 239 cm³/mol. The number of hydrogen-bond donors (Lipinski definition) is 0. The standard InChI is InChI=1S/C54H35N3/c1-3-11-38(12-4-1)50-35-51(56-54(55-50)39-13-5-2-6-14-39)46-28-27-42-31-40(23-25-43(42)33-46)36-19-21-37(22-20-36)41-24-26-45-34-47(30-29-44(45)32-41)57-52-17-9-7-15-48(52)49-16-8-10-18-53(49)57/h1-35H. The summed E-state index contributed by atoms with van der Waals surface area (Å²) in [5, 5.41) is 7.37. The Morgan fingerprint density at radius 2 is 0.702 bits per heavy atom.